The molecule has 3 amide bonds. The number of nitrogens with zero attached hydrogens (tertiary/aromatic N) is 1. The van der Waals surface area contributed by atoms with Crippen LogP contribution in [0.4, 0.5) is 4.79 Å². The zero-order valence-electron chi connectivity index (χ0n) is 13.9. The molecule has 1 N–H and O–H groups in total. The quantitative estimate of drug-likeness (QED) is 0.822. The maximum atomic E-state index is 12.5. The lowest BCUT2D eigenvalue weighted by Gasteiger charge is -2.17. The van der Waals surface area contributed by atoms with Crippen molar-refractivity contribution in [3.63, 3.8) is 0 Å². The lowest BCUT2D eigenvalue weighted by molar-refractivity contribution is -0.136. The van der Waals surface area contributed by atoms with Crippen LogP contribution in [0.3, 0.4) is 0 Å². The topological polar surface area (TPSA) is 88.9 Å². The average molecular weight is 362 g/mol. The molecule has 1 saturated heterocycles. The van der Waals surface area contributed by atoms with Gasteiger partial charge in [0.05, 0.1) is 0 Å². The van der Waals surface area contributed by atoms with Crippen LogP contribution in [-0.4, -0.2) is 48.3 Å². The normalized spacial score (nSPS) is 15.3. The first-order valence-corrected chi connectivity index (χ1v) is 9.22. The lowest BCUT2D eigenvalue weighted by atomic mass is 10.1. The third-order valence-corrected chi connectivity index (χ3v) is 4.50. The molecule has 7 nitrogen and oxygen atoms in total. The van der Waals surface area contributed by atoms with Gasteiger partial charge in [-0.1, -0.05) is 18.2 Å². The van der Waals surface area contributed by atoms with Gasteiger partial charge in [0.1, 0.15) is 5.58 Å². The fraction of sp³-hybridized carbons (Fsp3) is 0.353. The van der Waals surface area contributed by atoms with E-state index in [1.54, 1.807) is 17.8 Å². The summed E-state index contributed by atoms with van der Waals surface area (Å²) in [5.41, 5.74) is 1.34. The number of imide groups is 1. The maximum absolute atomic E-state index is 12.5. The molecule has 1 aromatic heterocycles. The molecule has 2 aromatic rings. The highest BCUT2D eigenvalue weighted by atomic mass is 32.2. The first-order valence-electron chi connectivity index (χ1n) is 7.82. The summed E-state index contributed by atoms with van der Waals surface area (Å²) >= 11 is 1.56. The van der Waals surface area contributed by atoms with Crippen molar-refractivity contribution in [2.75, 3.05) is 19.3 Å². The number of carbonyl (C=O) groups is 3. The van der Waals surface area contributed by atoms with Gasteiger partial charge in [0.2, 0.25) is 5.76 Å². The van der Waals surface area contributed by atoms with Gasteiger partial charge in [0.15, 0.2) is 6.10 Å². The highest BCUT2D eigenvalue weighted by Gasteiger charge is 2.33. The van der Waals surface area contributed by atoms with E-state index in [0.717, 1.165) is 15.8 Å². The summed E-state index contributed by atoms with van der Waals surface area (Å²) in [7, 11) is 0. The Balaban J connectivity index is 1.81. The summed E-state index contributed by atoms with van der Waals surface area (Å²) in [5, 5.41) is 3.39. The Morgan fingerprint density at radius 3 is 2.84 bits per heavy atom. The van der Waals surface area contributed by atoms with Crippen LogP contribution in [-0.2, 0) is 15.3 Å². The van der Waals surface area contributed by atoms with Crippen molar-refractivity contribution in [3.8, 4) is 0 Å². The third-order valence-electron chi connectivity index (χ3n) is 3.93. The van der Waals surface area contributed by atoms with Crippen LogP contribution >= 0.6 is 11.8 Å². The Hall–Kier alpha value is -2.48. The molecule has 0 bridgehead atoms. The minimum absolute atomic E-state index is 0.0982. The summed E-state index contributed by atoms with van der Waals surface area (Å²) in [6.45, 7) is 2.11. The van der Waals surface area contributed by atoms with E-state index < -0.39 is 24.0 Å². The molecule has 0 spiro atoms. The standard InChI is InChI=1S/C17H18N2O5S/c1-10(15(20)19-8-7-18-17(19)22)23-16(21)14-12(9-25-2)11-5-3-4-6-13(11)24-14/h3-6,10H,7-9H2,1-2H3,(H,18,22). The zero-order chi connectivity index (χ0) is 18.0. The molecule has 1 unspecified atom stereocenters. The number of ether oxygens (including phenoxy) is 1. The van der Waals surface area contributed by atoms with Crippen LogP contribution in [0.2, 0.25) is 0 Å². The van der Waals surface area contributed by atoms with Crippen LogP contribution in [0, 0.1) is 0 Å². The van der Waals surface area contributed by atoms with E-state index in [2.05, 4.69) is 5.32 Å². The second kappa shape index (κ2) is 7.18. The Morgan fingerprint density at radius 1 is 1.40 bits per heavy atom. The number of urea groups is 1. The van der Waals surface area contributed by atoms with E-state index in [4.69, 9.17) is 9.15 Å². The van der Waals surface area contributed by atoms with Gasteiger partial charge in [0.25, 0.3) is 5.91 Å². The third kappa shape index (κ3) is 3.34. The summed E-state index contributed by atoms with van der Waals surface area (Å²) in [4.78, 5) is 37.4. The molecule has 1 aromatic carbocycles. The maximum Gasteiger partial charge on any atom is 0.375 e. The number of esters is 1. The molecule has 8 heteroatoms. The Kier molecular flexibility index (Phi) is 4.98. The van der Waals surface area contributed by atoms with Gasteiger partial charge in [0, 0.05) is 29.8 Å². The molecule has 1 fully saturated rings. The largest absolute Gasteiger partial charge is 0.449 e. The van der Waals surface area contributed by atoms with E-state index in [1.807, 2.05) is 24.5 Å². The summed E-state index contributed by atoms with van der Waals surface area (Å²) in [5.74, 6) is -0.578. The number of thioether (sulfide) groups is 1. The van der Waals surface area contributed by atoms with Gasteiger partial charge in [-0.15, -0.1) is 0 Å². The van der Waals surface area contributed by atoms with Crippen LogP contribution < -0.4 is 5.32 Å². The van der Waals surface area contributed by atoms with Gasteiger partial charge in [-0.05, 0) is 19.2 Å². The number of carbonyl (C=O) groups excluding carboxylic acids is 3. The molecular formula is C17H18N2O5S. The predicted octanol–water partition coefficient (Wildman–Crippen LogP) is 2.39. The van der Waals surface area contributed by atoms with E-state index in [-0.39, 0.29) is 12.3 Å². The lowest BCUT2D eigenvalue weighted by Crippen LogP contribution is -2.41. The number of fused-ring (bicyclic) bond motifs is 1. The minimum Gasteiger partial charge on any atom is -0.449 e. The number of rotatable bonds is 5. The van der Waals surface area contributed by atoms with Crippen LogP contribution in [0.15, 0.2) is 28.7 Å². The highest BCUT2D eigenvalue weighted by molar-refractivity contribution is 7.97. The monoisotopic (exact) mass is 362 g/mol. The average Bonchev–Trinajstić information content (AvgIpc) is 3.18. The summed E-state index contributed by atoms with van der Waals surface area (Å²) in [6.07, 6.45) is 0.848. The van der Waals surface area contributed by atoms with Crippen molar-refractivity contribution in [2.24, 2.45) is 0 Å². The molecule has 2 heterocycles. The van der Waals surface area contributed by atoms with Crippen molar-refractivity contribution in [2.45, 2.75) is 18.8 Å². The fourth-order valence-electron chi connectivity index (χ4n) is 2.72. The second-order valence-corrected chi connectivity index (χ2v) is 6.47. The molecule has 0 aliphatic carbocycles. The van der Waals surface area contributed by atoms with Crippen molar-refractivity contribution in [1.29, 1.82) is 0 Å². The van der Waals surface area contributed by atoms with Crippen molar-refractivity contribution in [1.82, 2.24) is 10.2 Å². The molecule has 0 radical (unpaired) electrons. The smallest absolute Gasteiger partial charge is 0.375 e. The summed E-state index contributed by atoms with van der Waals surface area (Å²) in [6, 6.07) is 6.88. The Labute approximate surface area is 148 Å². The van der Waals surface area contributed by atoms with Gasteiger partial charge in [-0.25, -0.2) is 9.59 Å². The first-order chi connectivity index (χ1) is 12.0. The van der Waals surface area contributed by atoms with Crippen molar-refractivity contribution in [3.05, 3.63) is 35.6 Å². The van der Waals surface area contributed by atoms with Crippen LogP contribution in [0.25, 0.3) is 11.0 Å². The zero-order valence-corrected chi connectivity index (χ0v) is 14.7. The molecule has 1 aliphatic rings. The Bertz CT molecular complexity index is 832. The van der Waals surface area contributed by atoms with Crippen molar-refractivity contribution < 1.29 is 23.5 Å². The molecule has 3 rings (SSSR count). The van der Waals surface area contributed by atoms with E-state index in [0.29, 0.717) is 17.9 Å². The highest BCUT2D eigenvalue weighted by Crippen LogP contribution is 2.29. The van der Waals surface area contributed by atoms with E-state index in [1.165, 1.54) is 6.92 Å². The van der Waals surface area contributed by atoms with Crippen LogP contribution in [0.1, 0.15) is 23.0 Å². The molecule has 1 aliphatic heterocycles. The predicted molar refractivity (Wildman–Crippen MR) is 93.4 cm³/mol. The number of furan rings is 1. The molecule has 0 saturated carbocycles. The fourth-order valence-corrected chi connectivity index (χ4v) is 3.29. The number of hydrogen-bond donors (Lipinski definition) is 1. The number of nitrogens with one attached hydrogen (secondary N) is 1. The van der Waals surface area contributed by atoms with Gasteiger partial charge in [-0.3, -0.25) is 9.69 Å². The number of benzene rings is 1. The van der Waals surface area contributed by atoms with Crippen molar-refractivity contribution >= 4 is 40.6 Å². The minimum atomic E-state index is -1.08. The van der Waals surface area contributed by atoms with E-state index >= 15 is 0 Å². The first kappa shape index (κ1) is 17.3. The molecule has 132 valence electrons. The van der Waals surface area contributed by atoms with Crippen LogP contribution in [0.5, 0.6) is 0 Å². The second-order valence-electron chi connectivity index (χ2n) is 5.61. The van der Waals surface area contributed by atoms with Gasteiger partial charge < -0.3 is 14.5 Å². The van der Waals surface area contributed by atoms with E-state index in [9.17, 15) is 14.4 Å². The molecule has 25 heavy (non-hydrogen) atoms. The SMILES string of the molecule is CSCc1c(C(=O)OC(C)C(=O)N2CCNC2=O)oc2ccccc12. The molecular weight excluding hydrogens is 344 g/mol. The number of amides is 3. The molecule has 1 atom stereocenters. The number of para-hydroxylation sites is 1. The van der Waals surface area contributed by atoms with Gasteiger partial charge in [-0.2, -0.15) is 11.8 Å². The van der Waals surface area contributed by atoms with Gasteiger partial charge >= 0.3 is 12.0 Å². The number of hydrogen-bond acceptors (Lipinski definition) is 6. The Morgan fingerprint density at radius 2 is 2.16 bits per heavy atom. The summed E-state index contributed by atoms with van der Waals surface area (Å²) < 4.78 is 10.9.